The van der Waals surface area contributed by atoms with E-state index in [1.54, 1.807) is 16.2 Å². The molecule has 0 spiro atoms. The summed E-state index contributed by atoms with van der Waals surface area (Å²) in [5.41, 5.74) is 0.514. The van der Waals surface area contributed by atoms with Gasteiger partial charge in [0.2, 0.25) is 0 Å². The Morgan fingerprint density at radius 1 is 1.88 bits per heavy atom. The molecule has 0 saturated heterocycles. The number of rotatable bonds is 1. The highest BCUT2D eigenvalue weighted by atomic mass is 33.1. The Kier molecular flexibility index (Phi) is 1.85. The second kappa shape index (κ2) is 2.46. The Morgan fingerprint density at radius 3 is 2.88 bits per heavy atom. The third-order valence-corrected chi connectivity index (χ3v) is 2.74. The first kappa shape index (κ1) is 6.04. The van der Waals surface area contributed by atoms with Gasteiger partial charge >= 0.3 is 5.97 Å². The van der Waals surface area contributed by atoms with E-state index in [1.807, 2.05) is 0 Å². The fraction of sp³-hybridized carbons (Fsp3) is 0.250. The van der Waals surface area contributed by atoms with Crippen LogP contribution >= 0.6 is 21.6 Å². The molecule has 0 fully saturated rings. The Balaban J connectivity index is 2.57. The van der Waals surface area contributed by atoms with Gasteiger partial charge in [0.15, 0.2) is 0 Å². The lowest BCUT2D eigenvalue weighted by Gasteiger charge is -1.85. The second-order valence-electron chi connectivity index (χ2n) is 1.31. The molecule has 1 aliphatic heterocycles. The van der Waals surface area contributed by atoms with Crippen molar-refractivity contribution < 1.29 is 9.90 Å². The summed E-state index contributed by atoms with van der Waals surface area (Å²) in [6.07, 6.45) is 0. The maximum absolute atomic E-state index is 10.1. The van der Waals surface area contributed by atoms with E-state index in [9.17, 15) is 4.79 Å². The minimum absolute atomic E-state index is 0.514. The Bertz CT molecular complexity index is 141. The van der Waals surface area contributed by atoms with Crippen LogP contribution in [0.3, 0.4) is 0 Å². The molecule has 0 aromatic carbocycles. The lowest BCUT2D eigenvalue weighted by atomic mass is 10.4. The van der Waals surface area contributed by atoms with Crippen LogP contribution in [-0.4, -0.2) is 16.8 Å². The molecule has 0 aliphatic carbocycles. The molecule has 0 aromatic rings. The summed E-state index contributed by atoms with van der Waals surface area (Å²) in [5, 5.41) is 9.99. The predicted octanol–water partition coefficient (Wildman–Crippen LogP) is 1.35. The third-order valence-electron chi connectivity index (χ3n) is 0.748. The van der Waals surface area contributed by atoms with Crippen molar-refractivity contribution in [3.63, 3.8) is 0 Å². The molecule has 2 nitrogen and oxygen atoms in total. The molecule has 0 saturated carbocycles. The van der Waals surface area contributed by atoms with Crippen molar-refractivity contribution in [2.75, 3.05) is 5.75 Å². The Morgan fingerprint density at radius 2 is 2.62 bits per heavy atom. The first-order valence-electron chi connectivity index (χ1n) is 2.01. The predicted molar refractivity (Wildman–Crippen MR) is 35.8 cm³/mol. The maximum atomic E-state index is 10.1. The van der Waals surface area contributed by atoms with Gasteiger partial charge < -0.3 is 5.11 Å². The van der Waals surface area contributed by atoms with Crippen molar-refractivity contribution >= 4 is 27.6 Å². The molecule has 0 unspecified atom stereocenters. The number of carboxylic acids is 1. The van der Waals surface area contributed by atoms with Crippen LogP contribution < -0.4 is 0 Å². The summed E-state index contributed by atoms with van der Waals surface area (Å²) in [4.78, 5) is 10.1. The topological polar surface area (TPSA) is 37.3 Å². The van der Waals surface area contributed by atoms with Crippen molar-refractivity contribution in [2.45, 2.75) is 0 Å². The van der Waals surface area contributed by atoms with Gasteiger partial charge in [0, 0.05) is 5.75 Å². The summed E-state index contributed by atoms with van der Waals surface area (Å²) in [7, 11) is 3.04. The van der Waals surface area contributed by atoms with Crippen LogP contribution in [0.1, 0.15) is 0 Å². The molecule has 0 amide bonds. The molecule has 0 radical (unpaired) electrons. The van der Waals surface area contributed by atoms with Gasteiger partial charge in [-0.1, -0.05) is 21.6 Å². The molecule has 1 N–H and O–H groups in total. The van der Waals surface area contributed by atoms with E-state index in [4.69, 9.17) is 5.11 Å². The number of carboxylic acid groups (broad SMARTS) is 1. The van der Waals surface area contributed by atoms with E-state index in [1.165, 1.54) is 10.8 Å². The quantitative estimate of drug-likeness (QED) is 0.569. The van der Waals surface area contributed by atoms with Gasteiger partial charge in [-0.15, -0.1) is 0 Å². The van der Waals surface area contributed by atoms with Gasteiger partial charge in [-0.05, 0) is 5.41 Å². The molecule has 0 atom stereocenters. The van der Waals surface area contributed by atoms with Crippen molar-refractivity contribution in [2.24, 2.45) is 0 Å². The summed E-state index contributed by atoms with van der Waals surface area (Å²) in [5.74, 6) is -0.150. The molecule has 8 heavy (non-hydrogen) atoms. The minimum atomic E-state index is -0.789. The first-order valence-corrected chi connectivity index (χ1v) is 4.39. The second-order valence-corrected chi connectivity index (χ2v) is 3.54. The first-order chi connectivity index (χ1) is 3.80. The van der Waals surface area contributed by atoms with Gasteiger partial charge in [-0.25, -0.2) is 4.79 Å². The molecule has 0 aromatic heterocycles. The van der Waals surface area contributed by atoms with Crippen LogP contribution in [0.15, 0.2) is 11.0 Å². The Hall–Kier alpha value is -0.0900. The van der Waals surface area contributed by atoms with Crippen LogP contribution in [0.25, 0.3) is 0 Å². The number of hydrogen-bond donors (Lipinski definition) is 1. The lowest BCUT2D eigenvalue weighted by molar-refractivity contribution is -0.132. The van der Waals surface area contributed by atoms with E-state index in [2.05, 4.69) is 0 Å². The van der Waals surface area contributed by atoms with Crippen molar-refractivity contribution in [1.29, 1.82) is 0 Å². The zero-order valence-corrected chi connectivity index (χ0v) is 5.59. The molecule has 4 heteroatoms. The van der Waals surface area contributed by atoms with E-state index < -0.39 is 5.97 Å². The zero-order valence-electron chi connectivity index (χ0n) is 3.96. The Labute approximate surface area is 54.7 Å². The van der Waals surface area contributed by atoms with E-state index >= 15 is 0 Å². The van der Waals surface area contributed by atoms with Crippen molar-refractivity contribution in [1.82, 2.24) is 0 Å². The summed E-state index contributed by atoms with van der Waals surface area (Å²) in [6.45, 7) is 0. The van der Waals surface area contributed by atoms with Crippen LogP contribution in [-0.2, 0) is 4.79 Å². The molecule has 1 rings (SSSR count). The standard InChI is InChI=1S/C4H4O2S2/c5-4(6)3-1-7-8-2-3/h1H,2H2,(H,5,6). The monoisotopic (exact) mass is 148 g/mol. The van der Waals surface area contributed by atoms with Gasteiger partial charge in [0.05, 0.1) is 5.57 Å². The molecule has 1 aliphatic rings. The summed E-state index contributed by atoms with van der Waals surface area (Å²) >= 11 is 0. The fourth-order valence-electron chi connectivity index (χ4n) is 0.336. The summed E-state index contributed by atoms with van der Waals surface area (Å²) in [6, 6.07) is 0. The largest absolute Gasteiger partial charge is 0.478 e. The number of aliphatic carboxylic acids is 1. The molecular weight excluding hydrogens is 144 g/mol. The average molecular weight is 148 g/mol. The average Bonchev–Trinajstić information content (AvgIpc) is 2.12. The van der Waals surface area contributed by atoms with Gasteiger partial charge in [0.1, 0.15) is 0 Å². The van der Waals surface area contributed by atoms with E-state index in [-0.39, 0.29) is 0 Å². The molecule has 44 valence electrons. The molecule has 0 bridgehead atoms. The van der Waals surface area contributed by atoms with Crippen molar-refractivity contribution in [3.05, 3.63) is 11.0 Å². The SMILES string of the molecule is O=C(O)C1=CSSC1. The van der Waals surface area contributed by atoms with E-state index in [0.29, 0.717) is 11.3 Å². The molecular formula is C4H4O2S2. The van der Waals surface area contributed by atoms with Crippen LogP contribution in [0.2, 0.25) is 0 Å². The summed E-state index contributed by atoms with van der Waals surface area (Å²) < 4.78 is 0. The molecule has 1 heterocycles. The third kappa shape index (κ3) is 1.20. The van der Waals surface area contributed by atoms with E-state index in [0.717, 1.165) is 0 Å². The number of hydrogen-bond acceptors (Lipinski definition) is 3. The van der Waals surface area contributed by atoms with Crippen LogP contribution in [0, 0.1) is 0 Å². The highest BCUT2D eigenvalue weighted by Crippen LogP contribution is 2.33. The van der Waals surface area contributed by atoms with Crippen LogP contribution in [0.5, 0.6) is 0 Å². The van der Waals surface area contributed by atoms with Gasteiger partial charge in [-0.2, -0.15) is 0 Å². The zero-order chi connectivity index (χ0) is 5.98. The van der Waals surface area contributed by atoms with Gasteiger partial charge in [0.25, 0.3) is 0 Å². The minimum Gasteiger partial charge on any atom is -0.478 e. The lowest BCUT2D eigenvalue weighted by Crippen LogP contribution is -1.98. The normalized spacial score (nSPS) is 18.2. The fourth-order valence-corrected chi connectivity index (χ4v) is 2.35. The highest BCUT2D eigenvalue weighted by Gasteiger charge is 2.11. The van der Waals surface area contributed by atoms with Crippen molar-refractivity contribution in [3.8, 4) is 0 Å². The van der Waals surface area contributed by atoms with Gasteiger partial charge in [-0.3, -0.25) is 0 Å². The highest BCUT2D eigenvalue weighted by molar-refractivity contribution is 8.78. The smallest absolute Gasteiger partial charge is 0.333 e. The number of carbonyl (C=O) groups is 1. The van der Waals surface area contributed by atoms with Crippen LogP contribution in [0.4, 0.5) is 0 Å². The maximum Gasteiger partial charge on any atom is 0.333 e.